The summed E-state index contributed by atoms with van der Waals surface area (Å²) in [4.78, 5) is 11.1. The molecule has 0 saturated carbocycles. The van der Waals surface area contributed by atoms with Crippen molar-refractivity contribution in [2.45, 2.75) is 45.3 Å². The predicted molar refractivity (Wildman–Crippen MR) is 53.0 cm³/mol. The molecule has 14 heavy (non-hydrogen) atoms. The van der Waals surface area contributed by atoms with E-state index >= 15 is 0 Å². The van der Waals surface area contributed by atoms with Crippen LogP contribution in [0.1, 0.15) is 39.0 Å². The Hall–Kier alpha value is -0.770. The zero-order chi connectivity index (χ0) is 10.2. The molecule has 0 aromatic carbocycles. The van der Waals surface area contributed by atoms with E-state index in [4.69, 9.17) is 9.47 Å². The molecule has 0 bridgehead atoms. The highest BCUT2D eigenvalue weighted by Gasteiger charge is 2.18. The highest BCUT2D eigenvalue weighted by molar-refractivity contribution is 5.60. The van der Waals surface area contributed by atoms with Crippen LogP contribution in [0.15, 0.2) is 0 Å². The summed E-state index contributed by atoms with van der Waals surface area (Å²) in [5.74, 6) is 0. The predicted octanol–water partition coefficient (Wildman–Crippen LogP) is 2.04. The molecule has 1 heterocycles. The maximum atomic E-state index is 11.1. The van der Waals surface area contributed by atoms with Crippen molar-refractivity contribution in [3.8, 4) is 0 Å². The summed E-state index contributed by atoms with van der Waals surface area (Å²) in [6, 6.07) is 0. The normalized spacial score (nSPS) is 20.8. The number of ether oxygens (including phenoxy) is 2. The number of carbonyl (C=O) groups is 1. The minimum atomic E-state index is -0.541. The fourth-order valence-electron chi connectivity index (χ4n) is 1.41. The summed E-state index contributed by atoms with van der Waals surface area (Å²) >= 11 is 0. The summed E-state index contributed by atoms with van der Waals surface area (Å²) in [6.45, 7) is 3.51. The minimum Gasteiger partial charge on any atom is -0.434 e. The lowest BCUT2D eigenvalue weighted by Crippen LogP contribution is -2.28. The van der Waals surface area contributed by atoms with E-state index in [1.807, 2.05) is 0 Å². The molecule has 1 aliphatic heterocycles. The molecule has 1 atom stereocenters. The second-order valence-corrected chi connectivity index (χ2v) is 3.51. The standard InChI is InChI=1S/C10H19NO3/c1-2-3-4-8-13-10(12)14-9-6-5-7-11-9/h9,11H,2-8H2,1H3. The first-order chi connectivity index (χ1) is 6.83. The second kappa shape index (κ2) is 6.65. The quantitative estimate of drug-likeness (QED) is 0.546. The SMILES string of the molecule is CCCCCOC(=O)OC1CCCN1. The van der Waals surface area contributed by atoms with Gasteiger partial charge in [0, 0.05) is 0 Å². The summed E-state index contributed by atoms with van der Waals surface area (Å²) < 4.78 is 9.92. The van der Waals surface area contributed by atoms with Gasteiger partial charge in [-0.2, -0.15) is 0 Å². The van der Waals surface area contributed by atoms with Gasteiger partial charge < -0.3 is 9.47 Å². The van der Waals surface area contributed by atoms with Crippen LogP contribution >= 0.6 is 0 Å². The Labute approximate surface area is 85.0 Å². The summed E-state index contributed by atoms with van der Waals surface area (Å²) in [5.41, 5.74) is 0. The van der Waals surface area contributed by atoms with Crippen molar-refractivity contribution in [3.63, 3.8) is 0 Å². The van der Waals surface area contributed by atoms with Crippen LogP contribution in [-0.2, 0) is 9.47 Å². The van der Waals surface area contributed by atoms with E-state index in [1.54, 1.807) is 0 Å². The van der Waals surface area contributed by atoms with Gasteiger partial charge in [-0.3, -0.25) is 5.32 Å². The summed E-state index contributed by atoms with van der Waals surface area (Å²) in [7, 11) is 0. The molecule has 0 amide bonds. The van der Waals surface area contributed by atoms with E-state index in [0.29, 0.717) is 6.61 Å². The van der Waals surface area contributed by atoms with E-state index in [-0.39, 0.29) is 6.23 Å². The number of carbonyl (C=O) groups excluding carboxylic acids is 1. The molecule has 1 N–H and O–H groups in total. The lowest BCUT2D eigenvalue weighted by molar-refractivity contribution is 0.0179. The Balaban J connectivity index is 1.98. The van der Waals surface area contributed by atoms with E-state index in [1.165, 1.54) is 0 Å². The molecule has 1 saturated heterocycles. The van der Waals surface area contributed by atoms with Crippen LogP contribution in [0.5, 0.6) is 0 Å². The lowest BCUT2D eigenvalue weighted by atomic mass is 10.3. The molecule has 1 unspecified atom stereocenters. The molecule has 1 rings (SSSR count). The zero-order valence-electron chi connectivity index (χ0n) is 8.75. The van der Waals surface area contributed by atoms with Crippen molar-refractivity contribution in [1.82, 2.24) is 5.32 Å². The third-order valence-electron chi connectivity index (χ3n) is 2.22. The van der Waals surface area contributed by atoms with Crippen LogP contribution < -0.4 is 5.32 Å². The molecule has 4 heteroatoms. The maximum absolute atomic E-state index is 11.1. The fraction of sp³-hybridized carbons (Fsp3) is 0.900. The number of rotatable bonds is 5. The van der Waals surface area contributed by atoms with Gasteiger partial charge in [-0.15, -0.1) is 0 Å². The van der Waals surface area contributed by atoms with Crippen molar-refractivity contribution < 1.29 is 14.3 Å². The van der Waals surface area contributed by atoms with E-state index in [2.05, 4.69) is 12.2 Å². The molecular formula is C10H19NO3. The van der Waals surface area contributed by atoms with Crippen LogP contribution in [-0.4, -0.2) is 25.5 Å². The van der Waals surface area contributed by atoms with Gasteiger partial charge in [-0.05, 0) is 25.8 Å². The number of nitrogens with one attached hydrogen (secondary N) is 1. The van der Waals surface area contributed by atoms with Gasteiger partial charge >= 0.3 is 6.16 Å². The number of unbranched alkanes of at least 4 members (excludes halogenated alkanes) is 2. The van der Waals surface area contributed by atoms with Crippen molar-refractivity contribution >= 4 is 6.16 Å². The number of hydrogen-bond donors (Lipinski definition) is 1. The van der Waals surface area contributed by atoms with Gasteiger partial charge in [0.15, 0.2) is 6.23 Å². The van der Waals surface area contributed by atoms with Gasteiger partial charge in [-0.1, -0.05) is 19.8 Å². The minimum absolute atomic E-state index is 0.131. The average Bonchev–Trinajstić information content (AvgIpc) is 2.65. The van der Waals surface area contributed by atoms with Gasteiger partial charge in [0.1, 0.15) is 0 Å². The van der Waals surface area contributed by atoms with Gasteiger partial charge in [0.05, 0.1) is 6.61 Å². The second-order valence-electron chi connectivity index (χ2n) is 3.51. The van der Waals surface area contributed by atoms with E-state index in [0.717, 1.165) is 38.6 Å². The maximum Gasteiger partial charge on any atom is 0.509 e. The highest BCUT2D eigenvalue weighted by Crippen LogP contribution is 2.07. The van der Waals surface area contributed by atoms with Crippen molar-refractivity contribution in [1.29, 1.82) is 0 Å². The topological polar surface area (TPSA) is 47.6 Å². The van der Waals surface area contributed by atoms with Gasteiger partial charge in [-0.25, -0.2) is 4.79 Å². The first-order valence-electron chi connectivity index (χ1n) is 5.39. The molecule has 0 aromatic heterocycles. The van der Waals surface area contributed by atoms with Crippen LogP contribution in [0, 0.1) is 0 Å². The summed E-state index contributed by atoms with van der Waals surface area (Å²) in [5, 5.41) is 3.07. The smallest absolute Gasteiger partial charge is 0.434 e. The molecule has 82 valence electrons. The van der Waals surface area contributed by atoms with Crippen molar-refractivity contribution in [2.24, 2.45) is 0 Å². The Morgan fingerprint density at radius 2 is 2.36 bits per heavy atom. The first-order valence-corrected chi connectivity index (χ1v) is 5.39. The molecule has 0 spiro atoms. The number of hydrogen-bond acceptors (Lipinski definition) is 4. The van der Waals surface area contributed by atoms with Crippen LogP contribution in [0.3, 0.4) is 0 Å². The highest BCUT2D eigenvalue weighted by atomic mass is 16.7. The summed E-state index contributed by atoms with van der Waals surface area (Å²) in [6.07, 6.45) is 4.42. The monoisotopic (exact) mass is 201 g/mol. The molecule has 1 fully saturated rings. The third kappa shape index (κ3) is 4.46. The zero-order valence-corrected chi connectivity index (χ0v) is 8.75. The Morgan fingerprint density at radius 3 is 3.00 bits per heavy atom. The molecular weight excluding hydrogens is 182 g/mol. The Morgan fingerprint density at radius 1 is 1.50 bits per heavy atom. The lowest BCUT2D eigenvalue weighted by Gasteiger charge is -2.11. The average molecular weight is 201 g/mol. The first kappa shape index (κ1) is 11.3. The molecule has 1 aliphatic rings. The van der Waals surface area contributed by atoms with Crippen molar-refractivity contribution in [2.75, 3.05) is 13.2 Å². The Kier molecular flexibility index (Phi) is 5.37. The van der Waals surface area contributed by atoms with Crippen LogP contribution in [0.2, 0.25) is 0 Å². The van der Waals surface area contributed by atoms with Crippen LogP contribution in [0.4, 0.5) is 4.79 Å². The molecule has 0 radical (unpaired) electrons. The van der Waals surface area contributed by atoms with Gasteiger partial charge in [0.2, 0.25) is 0 Å². The third-order valence-corrected chi connectivity index (χ3v) is 2.22. The Bertz CT molecular complexity index is 167. The van der Waals surface area contributed by atoms with Crippen LogP contribution in [0.25, 0.3) is 0 Å². The largest absolute Gasteiger partial charge is 0.509 e. The van der Waals surface area contributed by atoms with E-state index in [9.17, 15) is 4.79 Å². The van der Waals surface area contributed by atoms with Crippen molar-refractivity contribution in [3.05, 3.63) is 0 Å². The molecule has 0 aromatic rings. The fourth-order valence-corrected chi connectivity index (χ4v) is 1.41. The van der Waals surface area contributed by atoms with Gasteiger partial charge in [0.25, 0.3) is 0 Å². The van der Waals surface area contributed by atoms with E-state index < -0.39 is 6.16 Å². The molecule has 0 aliphatic carbocycles. The molecule has 4 nitrogen and oxygen atoms in total.